The minimum atomic E-state index is -0.259. The predicted octanol–water partition coefficient (Wildman–Crippen LogP) is 2.47. The first-order valence-electron chi connectivity index (χ1n) is 6.65. The largest absolute Gasteiger partial charge is 0.469 e. The fraction of sp³-hybridized carbons (Fsp3) is 0.467. The SMILES string of the molecule is COC(=O)[C@H]1CCN(C(=O)[C@H](C)c2cccc(Cl)c2)C1. The van der Waals surface area contributed by atoms with Crippen LogP contribution in [0.5, 0.6) is 0 Å². The van der Waals surface area contributed by atoms with Gasteiger partial charge in [0.25, 0.3) is 0 Å². The van der Waals surface area contributed by atoms with Crippen molar-refractivity contribution in [3.05, 3.63) is 34.9 Å². The van der Waals surface area contributed by atoms with Crippen LogP contribution < -0.4 is 0 Å². The highest BCUT2D eigenvalue weighted by Gasteiger charge is 2.33. The Balaban J connectivity index is 2.03. The lowest BCUT2D eigenvalue weighted by Gasteiger charge is -2.21. The standard InChI is InChI=1S/C15H18ClNO3/c1-10(11-4-3-5-13(16)8-11)14(18)17-7-6-12(9-17)15(19)20-2/h3-5,8,10,12H,6-7,9H2,1-2H3/t10-,12+/m1/s1. The van der Waals surface area contributed by atoms with Crippen LogP contribution in [-0.2, 0) is 14.3 Å². The van der Waals surface area contributed by atoms with E-state index in [1.54, 1.807) is 17.0 Å². The number of carbonyl (C=O) groups excluding carboxylic acids is 2. The van der Waals surface area contributed by atoms with Crippen LogP contribution in [0.15, 0.2) is 24.3 Å². The fourth-order valence-corrected chi connectivity index (χ4v) is 2.71. The zero-order chi connectivity index (χ0) is 14.7. The molecule has 4 nitrogen and oxygen atoms in total. The van der Waals surface area contributed by atoms with Gasteiger partial charge in [-0.15, -0.1) is 0 Å². The highest BCUT2D eigenvalue weighted by Crippen LogP contribution is 2.25. The van der Waals surface area contributed by atoms with Gasteiger partial charge in [-0.05, 0) is 31.0 Å². The lowest BCUT2D eigenvalue weighted by Crippen LogP contribution is -2.33. The highest BCUT2D eigenvalue weighted by atomic mass is 35.5. The van der Waals surface area contributed by atoms with Crippen LogP contribution in [0.3, 0.4) is 0 Å². The molecule has 1 saturated heterocycles. The number of nitrogens with zero attached hydrogens (tertiary/aromatic N) is 1. The zero-order valence-electron chi connectivity index (χ0n) is 11.6. The number of esters is 1. The van der Waals surface area contributed by atoms with Crippen molar-refractivity contribution >= 4 is 23.5 Å². The Kier molecular flexibility index (Phi) is 4.65. The molecule has 0 spiro atoms. The summed E-state index contributed by atoms with van der Waals surface area (Å²) in [5, 5.41) is 0.621. The van der Waals surface area contributed by atoms with Gasteiger partial charge in [0, 0.05) is 18.1 Å². The molecule has 108 valence electrons. The van der Waals surface area contributed by atoms with Crippen molar-refractivity contribution in [2.45, 2.75) is 19.3 Å². The summed E-state index contributed by atoms with van der Waals surface area (Å²) in [6.07, 6.45) is 0.667. The van der Waals surface area contributed by atoms with E-state index in [1.807, 2.05) is 19.1 Å². The van der Waals surface area contributed by atoms with Gasteiger partial charge < -0.3 is 9.64 Å². The Morgan fingerprint density at radius 3 is 2.85 bits per heavy atom. The van der Waals surface area contributed by atoms with Gasteiger partial charge in [0.2, 0.25) is 5.91 Å². The van der Waals surface area contributed by atoms with Crippen molar-refractivity contribution in [2.24, 2.45) is 5.92 Å². The third kappa shape index (κ3) is 3.12. The van der Waals surface area contributed by atoms with Gasteiger partial charge in [-0.2, -0.15) is 0 Å². The maximum Gasteiger partial charge on any atom is 0.310 e. The van der Waals surface area contributed by atoms with E-state index in [0.717, 1.165) is 5.56 Å². The van der Waals surface area contributed by atoms with E-state index in [-0.39, 0.29) is 23.7 Å². The van der Waals surface area contributed by atoms with Crippen molar-refractivity contribution in [1.29, 1.82) is 0 Å². The number of likely N-dealkylation sites (tertiary alicyclic amines) is 1. The molecule has 1 aliphatic heterocycles. The van der Waals surface area contributed by atoms with Gasteiger partial charge in [-0.1, -0.05) is 23.7 Å². The maximum absolute atomic E-state index is 12.4. The van der Waals surface area contributed by atoms with Crippen LogP contribution in [0.1, 0.15) is 24.8 Å². The van der Waals surface area contributed by atoms with Crippen molar-refractivity contribution in [2.75, 3.05) is 20.2 Å². The molecular weight excluding hydrogens is 278 g/mol. The highest BCUT2D eigenvalue weighted by molar-refractivity contribution is 6.30. The molecule has 0 saturated carbocycles. The van der Waals surface area contributed by atoms with E-state index >= 15 is 0 Å². The average molecular weight is 296 g/mol. The predicted molar refractivity (Wildman–Crippen MR) is 76.6 cm³/mol. The number of methoxy groups -OCH3 is 1. The number of ether oxygens (including phenoxy) is 1. The van der Waals surface area contributed by atoms with Crippen molar-refractivity contribution in [1.82, 2.24) is 4.90 Å². The molecule has 0 unspecified atom stereocenters. The summed E-state index contributed by atoms with van der Waals surface area (Å²) in [5.41, 5.74) is 0.893. The molecule has 1 aliphatic rings. The molecule has 5 heteroatoms. The van der Waals surface area contributed by atoms with Gasteiger partial charge in [-0.25, -0.2) is 0 Å². The van der Waals surface area contributed by atoms with Gasteiger partial charge in [-0.3, -0.25) is 9.59 Å². The number of benzene rings is 1. The van der Waals surface area contributed by atoms with E-state index in [4.69, 9.17) is 16.3 Å². The molecule has 20 heavy (non-hydrogen) atoms. The topological polar surface area (TPSA) is 46.6 Å². The average Bonchev–Trinajstić information content (AvgIpc) is 2.94. The monoisotopic (exact) mass is 295 g/mol. The molecular formula is C15H18ClNO3. The van der Waals surface area contributed by atoms with Gasteiger partial charge in [0.1, 0.15) is 0 Å². The van der Waals surface area contributed by atoms with E-state index in [9.17, 15) is 9.59 Å². The normalized spacial score (nSPS) is 19.8. The summed E-state index contributed by atoms with van der Waals surface area (Å²) in [6.45, 7) is 2.90. The van der Waals surface area contributed by atoms with E-state index in [2.05, 4.69) is 0 Å². The molecule has 0 bridgehead atoms. The molecule has 2 rings (SSSR count). The minimum absolute atomic E-state index is 0.0265. The number of carbonyl (C=O) groups is 2. The van der Waals surface area contributed by atoms with Crippen molar-refractivity contribution < 1.29 is 14.3 Å². The fourth-order valence-electron chi connectivity index (χ4n) is 2.51. The Hall–Kier alpha value is -1.55. The Morgan fingerprint density at radius 1 is 1.45 bits per heavy atom. The molecule has 0 aliphatic carbocycles. The summed E-state index contributed by atoms with van der Waals surface area (Å²) in [4.78, 5) is 25.7. The summed E-state index contributed by atoms with van der Waals surface area (Å²) in [7, 11) is 1.38. The molecule has 1 heterocycles. The van der Waals surface area contributed by atoms with Crippen molar-refractivity contribution in [3.8, 4) is 0 Å². The second-order valence-corrected chi connectivity index (χ2v) is 5.51. The summed E-state index contributed by atoms with van der Waals surface area (Å²) < 4.78 is 4.73. The summed E-state index contributed by atoms with van der Waals surface area (Å²) in [6, 6.07) is 7.31. The number of hydrogen-bond donors (Lipinski definition) is 0. The van der Waals surface area contributed by atoms with Gasteiger partial charge in [0.15, 0.2) is 0 Å². The summed E-state index contributed by atoms with van der Waals surface area (Å²) in [5.74, 6) is -0.671. The van der Waals surface area contributed by atoms with Crippen LogP contribution in [0, 0.1) is 5.92 Å². The quantitative estimate of drug-likeness (QED) is 0.805. The third-order valence-corrected chi connectivity index (χ3v) is 3.99. The number of rotatable bonds is 3. The zero-order valence-corrected chi connectivity index (χ0v) is 12.4. The number of hydrogen-bond acceptors (Lipinski definition) is 3. The second kappa shape index (κ2) is 6.27. The number of halogens is 1. The molecule has 1 fully saturated rings. The van der Waals surface area contributed by atoms with Crippen LogP contribution in [0.4, 0.5) is 0 Å². The molecule has 1 aromatic carbocycles. The third-order valence-electron chi connectivity index (χ3n) is 3.75. The van der Waals surface area contributed by atoms with Crippen LogP contribution >= 0.6 is 11.6 Å². The molecule has 1 amide bonds. The lowest BCUT2D eigenvalue weighted by atomic mass is 10.00. The molecule has 0 N–H and O–H groups in total. The summed E-state index contributed by atoms with van der Waals surface area (Å²) >= 11 is 5.95. The lowest BCUT2D eigenvalue weighted by molar-refractivity contribution is -0.145. The smallest absolute Gasteiger partial charge is 0.310 e. The first-order valence-corrected chi connectivity index (χ1v) is 7.02. The van der Waals surface area contributed by atoms with Crippen LogP contribution in [0.2, 0.25) is 5.02 Å². The van der Waals surface area contributed by atoms with E-state index in [1.165, 1.54) is 7.11 Å². The van der Waals surface area contributed by atoms with E-state index in [0.29, 0.717) is 24.5 Å². The van der Waals surface area contributed by atoms with Crippen LogP contribution in [0.25, 0.3) is 0 Å². The van der Waals surface area contributed by atoms with Gasteiger partial charge in [0.05, 0.1) is 18.9 Å². The molecule has 0 radical (unpaired) electrons. The molecule has 1 aromatic rings. The first kappa shape index (κ1) is 14.9. The van der Waals surface area contributed by atoms with E-state index < -0.39 is 0 Å². The Morgan fingerprint density at radius 2 is 2.20 bits per heavy atom. The Labute approximate surface area is 123 Å². The van der Waals surface area contributed by atoms with Crippen LogP contribution in [-0.4, -0.2) is 37.0 Å². The Bertz CT molecular complexity index is 518. The minimum Gasteiger partial charge on any atom is -0.469 e. The van der Waals surface area contributed by atoms with Gasteiger partial charge >= 0.3 is 5.97 Å². The van der Waals surface area contributed by atoms with Crippen molar-refractivity contribution in [3.63, 3.8) is 0 Å². The first-order chi connectivity index (χ1) is 9.52. The maximum atomic E-state index is 12.4. The second-order valence-electron chi connectivity index (χ2n) is 5.07. The molecule has 2 atom stereocenters. The number of amides is 1. The molecule has 0 aromatic heterocycles.